The van der Waals surface area contributed by atoms with E-state index in [4.69, 9.17) is 0 Å². The maximum Gasteiger partial charge on any atom is 0.269 e. The largest absolute Gasteiger partial charge is 0.339 e. The topological polar surface area (TPSA) is 83.8 Å². The van der Waals surface area contributed by atoms with E-state index in [1.807, 2.05) is 4.90 Å². The molecule has 1 saturated heterocycles. The van der Waals surface area contributed by atoms with Gasteiger partial charge in [0.25, 0.3) is 5.69 Å². The predicted octanol–water partition coefficient (Wildman–Crippen LogP) is 1.22. The molecule has 1 aromatic rings. The number of benzene rings is 1. The van der Waals surface area contributed by atoms with Crippen molar-refractivity contribution in [3.8, 4) is 0 Å². The summed E-state index contributed by atoms with van der Waals surface area (Å²) in [6, 6.07) is 6.05. The molecule has 3 rings (SSSR count). The van der Waals surface area contributed by atoms with Crippen molar-refractivity contribution < 1.29 is 14.5 Å². The number of nitro groups is 1. The second kappa shape index (κ2) is 6.36. The standard InChI is InChI=1S/C16H19N3O4/c20-15(11-12-1-5-14(6-2-12)19(22)23)17-7-9-18(10-8-17)16(21)13-3-4-13/h1-2,5-6,13H,3-4,7-11H2. The van der Waals surface area contributed by atoms with Gasteiger partial charge in [-0.05, 0) is 18.4 Å². The van der Waals surface area contributed by atoms with E-state index in [9.17, 15) is 19.7 Å². The van der Waals surface area contributed by atoms with Gasteiger partial charge >= 0.3 is 0 Å². The second-order valence-electron chi connectivity index (χ2n) is 6.08. The lowest BCUT2D eigenvalue weighted by Crippen LogP contribution is -2.51. The third kappa shape index (κ3) is 3.67. The minimum absolute atomic E-state index is 0.00243. The molecule has 2 amide bonds. The summed E-state index contributed by atoms with van der Waals surface area (Å²) in [5.41, 5.74) is 0.783. The van der Waals surface area contributed by atoms with Crippen LogP contribution in [0.15, 0.2) is 24.3 Å². The molecule has 1 aliphatic carbocycles. The van der Waals surface area contributed by atoms with Crippen LogP contribution in [0.5, 0.6) is 0 Å². The molecule has 7 heteroatoms. The molecule has 0 aromatic heterocycles. The van der Waals surface area contributed by atoms with E-state index < -0.39 is 4.92 Å². The van der Waals surface area contributed by atoms with E-state index >= 15 is 0 Å². The number of carbonyl (C=O) groups is 2. The highest BCUT2D eigenvalue weighted by molar-refractivity contribution is 5.82. The summed E-state index contributed by atoms with van der Waals surface area (Å²) in [7, 11) is 0. The molecule has 0 spiro atoms. The number of amides is 2. The maximum atomic E-state index is 12.3. The SMILES string of the molecule is O=C(Cc1ccc([N+](=O)[O-])cc1)N1CCN(C(=O)C2CC2)CC1. The number of hydrogen-bond acceptors (Lipinski definition) is 4. The lowest BCUT2D eigenvalue weighted by Gasteiger charge is -2.35. The van der Waals surface area contributed by atoms with Gasteiger partial charge < -0.3 is 9.80 Å². The molecular formula is C16H19N3O4. The van der Waals surface area contributed by atoms with E-state index in [-0.39, 0.29) is 29.8 Å². The van der Waals surface area contributed by atoms with Crippen molar-refractivity contribution in [1.29, 1.82) is 0 Å². The Labute approximate surface area is 134 Å². The van der Waals surface area contributed by atoms with Gasteiger partial charge in [0.05, 0.1) is 11.3 Å². The van der Waals surface area contributed by atoms with Gasteiger partial charge in [-0.25, -0.2) is 0 Å². The van der Waals surface area contributed by atoms with Crippen LogP contribution in [0, 0.1) is 16.0 Å². The number of nitrogens with zero attached hydrogens (tertiary/aromatic N) is 3. The van der Waals surface area contributed by atoms with Gasteiger partial charge in [0.1, 0.15) is 0 Å². The minimum Gasteiger partial charge on any atom is -0.339 e. The highest BCUT2D eigenvalue weighted by Gasteiger charge is 2.35. The average Bonchev–Trinajstić information content (AvgIpc) is 3.40. The highest BCUT2D eigenvalue weighted by Crippen LogP contribution is 2.31. The Morgan fingerprint density at radius 2 is 1.61 bits per heavy atom. The number of rotatable bonds is 4. The summed E-state index contributed by atoms with van der Waals surface area (Å²) in [5.74, 6) is 0.446. The fourth-order valence-corrected chi connectivity index (χ4v) is 2.79. The van der Waals surface area contributed by atoms with Crippen molar-refractivity contribution in [2.75, 3.05) is 26.2 Å². The molecule has 0 radical (unpaired) electrons. The van der Waals surface area contributed by atoms with Gasteiger partial charge in [0.2, 0.25) is 11.8 Å². The second-order valence-corrected chi connectivity index (χ2v) is 6.08. The molecule has 122 valence electrons. The fourth-order valence-electron chi connectivity index (χ4n) is 2.79. The summed E-state index contributed by atoms with van der Waals surface area (Å²) in [4.78, 5) is 38.1. The van der Waals surface area contributed by atoms with Gasteiger partial charge in [0, 0.05) is 44.2 Å². The maximum absolute atomic E-state index is 12.3. The van der Waals surface area contributed by atoms with Crippen LogP contribution in [0.4, 0.5) is 5.69 Å². The highest BCUT2D eigenvalue weighted by atomic mass is 16.6. The van der Waals surface area contributed by atoms with E-state index in [0.29, 0.717) is 26.2 Å². The first-order valence-electron chi connectivity index (χ1n) is 7.84. The number of hydrogen-bond donors (Lipinski definition) is 0. The summed E-state index contributed by atoms with van der Waals surface area (Å²) in [5, 5.41) is 10.6. The third-order valence-corrected chi connectivity index (χ3v) is 4.37. The Bertz CT molecular complexity index is 617. The Hall–Kier alpha value is -2.44. The molecule has 0 unspecified atom stereocenters. The van der Waals surface area contributed by atoms with Crippen molar-refractivity contribution in [3.05, 3.63) is 39.9 Å². The summed E-state index contributed by atoms with van der Waals surface area (Å²) in [6.07, 6.45) is 2.23. The first-order chi connectivity index (χ1) is 11.0. The van der Waals surface area contributed by atoms with E-state index in [2.05, 4.69) is 0 Å². The van der Waals surface area contributed by atoms with Gasteiger partial charge in [-0.15, -0.1) is 0 Å². The van der Waals surface area contributed by atoms with Crippen LogP contribution in [-0.4, -0.2) is 52.7 Å². The van der Waals surface area contributed by atoms with Crippen molar-refractivity contribution in [2.45, 2.75) is 19.3 Å². The van der Waals surface area contributed by atoms with Crippen LogP contribution < -0.4 is 0 Å². The molecule has 7 nitrogen and oxygen atoms in total. The Kier molecular flexibility index (Phi) is 4.27. The molecule has 0 bridgehead atoms. The molecule has 1 saturated carbocycles. The summed E-state index contributed by atoms with van der Waals surface area (Å²) in [6.45, 7) is 2.32. The first-order valence-corrected chi connectivity index (χ1v) is 7.84. The lowest BCUT2D eigenvalue weighted by molar-refractivity contribution is -0.384. The number of non-ortho nitro benzene ring substituents is 1. The van der Waals surface area contributed by atoms with Crippen LogP contribution in [0.1, 0.15) is 18.4 Å². The normalized spacial score (nSPS) is 17.9. The zero-order chi connectivity index (χ0) is 16.4. The molecule has 2 fully saturated rings. The molecular weight excluding hydrogens is 298 g/mol. The Balaban J connectivity index is 1.51. The minimum atomic E-state index is -0.457. The van der Waals surface area contributed by atoms with Crippen LogP contribution in [0.25, 0.3) is 0 Å². The molecule has 2 aliphatic rings. The molecule has 1 heterocycles. The van der Waals surface area contributed by atoms with Crippen molar-refractivity contribution in [3.63, 3.8) is 0 Å². The monoisotopic (exact) mass is 317 g/mol. The molecule has 1 aromatic carbocycles. The van der Waals surface area contributed by atoms with Crippen LogP contribution in [0.3, 0.4) is 0 Å². The van der Waals surface area contributed by atoms with Crippen molar-refractivity contribution in [1.82, 2.24) is 9.80 Å². The van der Waals surface area contributed by atoms with E-state index in [1.165, 1.54) is 12.1 Å². The number of nitro benzene ring substituents is 1. The summed E-state index contributed by atoms with van der Waals surface area (Å²) >= 11 is 0. The van der Waals surface area contributed by atoms with Crippen molar-refractivity contribution in [2.24, 2.45) is 5.92 Å². The third-order valence-electron chi connectivity index (χ3n) is 4.37. The van der Waals surface area contributed by atoms with Crippen LogP contribution >= 0.6 is 0 Å². The van der Waals surface area contributed by atoms with Gasteiger partial charge in [0.15, 0.2) is 0 Å². The number of carbonyl (C=O) groups excluding carboxylic acids is 2. The predicted molar refractivity (Wildman–Crippen MR) is 82.7 cm³/mol. The van der Waals surface area contributed by atoms with Gasteiger partial charge in [-0.3, -0.25) is 19.7 Å². The zero-order valence-corrected chi connectivity index (χ0v) is 12.8. The van der Waals surface area contributed by atoms with Crippen molar-refractivity contribution >= 4 is 17.5 Å². The first kappa shape index (κ1) is 15.5. The van der Waals surface area contributed by atoms with Crippen LogP contribution in [0.2, 0.25) is 0 Å². The Morgan fingerprint density at radius 3 is 2.13 bits per heavy atom. The average molecular weight is 317 g/mol. The molecule has 0 atom stereocenters. The van der Waals surface area contributed by atoms with E-state index in [0.717, 1.165) is 18.4 Å². The molecule has 0 N–H and O–H groups in total. The molecule has 23 heavy (non-hydrogen) atoms. The van der Waals surface area contributed by atoms with Gasteiger partial charge in [-0.2, -0.15) is 0 Å². The molecule has 1 aliphatic heterocycles. The lowest BCUT2D eigenvalue weighted by atomic mass is 10.1. The fraction of sp³-hybridized carbons (Fsp3) is 0.500. The Morgan fingerprint density at radius 1 is 1.04 bits per heavy atom. The zero-order valence-electron chi connectivity index (χ0n) is 12.8. The quantitative estimate of drug-likeness (QED) is 0.617. The van der Waals surface area contributed by atoms with E-state index in [1.54, 1.807) is 17.0 Å². The van der Waals surface area contributed by atoms with Crippen LogP contribution in [-0.2, 0) is 16.0 Å². The number of piperazine rings is 1. The van der Waals surface area contributed by atoms with Gasteiger partial charge in [-0.1, -0.05) is 12.1 Å². The smallest absolute Gasteiger partial charge is 0.269 e. The summed E-state index contributed by atoms with van der Waals surface area (Å²) < 4.78 is 0.